The van der Waals surface area contributed by atoms with Crippen LogP contribution in [0, 0.1) is 6.42 Å². The summed E-state index contributed by atoms with van der Waals surface area (Å²) < 4.78 is 26.3. The first kappa shape index (κ1) is 24.2. The van der Waals surface area contributed by atoms with Gasteiger partial charge in [0, 0.05) is 72.5 Å². The van der Waals surface area contributed by atoms with Crippen molar-refractivity contribution < 1.29 is 18.0 Å². The van der Waals surface area contributed by atoms with Crippen molar-refractivity contribution in [2.75, 3.05) is 72.7 Å². The molecule has 0 saturated carbocycles. The van der Waals surface area contributed by atoms with Crippen molar-refractivity contribution in [2.24, 2.45) is 5.73 Å². The molecule has 177 valence electrons. The molecule has 3 rings (SSSR count). The van der Waals surface area contributed by atoms with E-state index in [1.165, 1.54) is 10.6 Å². The number of urea groups is 1. The molecule has 3 fully saturated rings. The van der Waals surface area contributed by atoms with Crippen LogP contribution in [0.4, 0.5) is 4.79 Å². The second-order valence-corrected chi connectivity index (χ2v) is 11.2. The molecular weight excluding hydrogens is 420 g/mol. The molecule has 2 bridgehead atoms. The maximum atomic E-state index is 12.4. The lowest BCUT2D eigenvalue weighted by molar-refractivity contribution is -0.130. The molecule has 10 nitrogen and oxygen atoms in total. The fraction of sp³-hybridized carbons (Fsp3) is 0.850. The lowest BCUT2D eigenvalue weighted by atomic mass is 9.87. The number of piperidine rings is 1. The average molecular weight is 458 g/mol. The molecule has 0 unspecified atom stereocenters. The van der Waals surface area contributed by atoms with Crippen molar-refractivity contribution in [3.05, 3.63) is 6.42 Å². The van der Waals surface area contributed by atoms with Crippen molar-refractivity contribution in [3.63, 3.8) is 0 Å². The quantitative estimate of drug-likeness (QED) is 0.513. The molecule has 0 aromatic heterocycles. The SMILES string of the molecule is CN(C)C(=O)N1CCN(CCN(CCN2[C@H]3C[CH]C[C@]2(C(N)=O)CC3)S(C)(=O)=O)CC1. The van der Waals surface area contributed by atoms with Crippen LogP contribution in [0.25, 0.3) is 0 Å². The summed E-state index contributed by atoms with van der Waals surface area (Å²) in [5.41, 5.74) is 5.11. The summed E-state index contributed by atoms with van der Waals surface area (Å²) in [7, 11) is 0.116. The topological polar surface area (TPSA) is 110 Å². The molecule has 2 atom stereocenters. The first-order valence-electron chi connectivity index (χ1n) is 11.1. The van der Waals surface area contributed by atoms with Gasteiger partial charge in [-0.1, -0.05) is 0 Å². The molecule has 3 amide bonds. The number of hydrogen-bond donors (Lipinski definition) is 1. The van der Waals surface area contributed by atoms with Crippen LogP contribution < -0.4 is 5.73 Å². The molecule has 3 heterocycles. The number of rotatable bonds is 8. The summed E-state index contributed by atoms with van der Waals surface area (Å²) >= 11 is 0. The number of amides is 3. The van der Waals surface area contributed by atoms with Gasteiger partial charge in [-0.3, -0.25) is 14.6 Å². The van der Waals surface area contributed by atoms with Crippen molar-refractivity contribution in [3.8, 4) is 0 Å². The van der Waals surface area contributed by atoms with Crippen molar-refractivity contribution >= 4 is 22.0 Å². The number of nitrogens with two attached hydrogens (primary N) is 1. The van der Waals surface area contributed by atoms with Crippen LogP contribution in [0.2, 0.25) is 0 Å². The minimum Gasteiger partial charge on any atom is -0.368 e. The fourth-order valence-electron chi connectivity index (χ4n) is 5.16. The van der Waals surface area contributed by atoms with E-state index in [0.717, 1.165) is 32.4 Å². The molecule has 0 spiro atoms. The first-order valence-corrected chi connectivity index (χ1v) is 12.9. The van der Waals surface area contributed by atoms with E-state index in [0.29, 0.717) is 45.7 Å². The lowest BCUT2D eigenvalue weighted by Crippen LogP contribution is -2.59. The molecule has 3 saturated heterocycles. The molecule has 0 aromatic rings. The Hall–Kier alpha value is -1.43. The van der Waals surface area contributed by atoms with Gasteiger partial charge < -0.3 is 15.5 Å². The minimum absolute atomic E-state index is 0.00852. The van der Waals surface area contributed by atoms with E-state index in [9.17, 15) is 18.0 Å². The number of sulfonamides is 1. The number of piperazine rings is 1. The Balaban J connectivity index is 1.54. The Labute approximate surface area is 186 Å². The van der Waals surface area contributed by atoms with Gasteiger partial charge in [0.05, 0.1) is 6.26 Å². The first-order chi connectivity index (χ1) is 14.5. The molecule has 31 heavy (non-hydrogen) atoms. The van der Waals surface area contributed by atoms with E-state index >= 15 is 0 Å². The molecule has 3 aliphatic heterocycles. The smallest absolute Gasteiger partial charge is 0.319 e. The second kappa shape index (κ2) is 9.60. The summed E-state index contributed by atoms with van der Waals surface area (Å²) in [6, 6.07) is 0.277. The van der Waals surface area contributed by atoms with Crippen LogP contribution in [0.1, 0.15) is 25.7 Å². The van der Waals surface area contributed by atoms with Gasteiger partial charge in [0.1, 0.15) is 5.54 Å². The average Bonchev–Trinajstić information content (AvgIpc) is 2.91. The van der Waals surface area contributed by atoms with Gasteiger partial charge >= 0.3 is 6.03 Å². The van der Waals surface area contributed by atoms with Crippen LogP contribution >= 0.6 is 0 Å². The molecule has 11 heteroatoms. The summed E-state index contributed by atoms with van der Waals surface area (Å²) in [6.07, 6.45) is 6.63. The Morgan fingerprint density at radius 3 is 2.35 bits per heavy atom. The maximum Gasteiger partial charge on any atom is 0.319 e. The van der Waals surface area contributed by atoms with Gasteiger partial charge in [-0.05, 0) is 32.1 Å². The van der Waals surface area contributed by atoms with Crippen LogP contribution in [-0.2, 0) is 14.8 Å². The Kier molecular flexibility index (Phi) is 7.50. The van der Waals surface area contributed by atoms with Crippen LogP contribution in [0.3, 0.4) is 0 Å². The van der Waals surface area contributed by atoms with Crippen molar-refractivity contribution in [2.45, 2.75) is 37.3 Å². The number of carbonyl (C=O) groups is 2. The zero-order valence-electron chi connectivity index (χ0n) is 19.0. The third kappa shape index (κ3) is 5.32. The van der Waals surface area contributed by atoms with E-state index in [1.54, 1.807) is 19.0 Å². The summed E-state index contributed by atoms with van der Waals surface area (Å²) in [6.45, 7) is 4.62. The van der Waals surface area contributed by atoms with Gasteiger partial charge in [-0.2, -0.15) is 4.31 Å². The monoisotopic (exact) mass is 457 g/mol. The number of nitrogens with zero attached hydrogens (tertiary/aromatic N) is 5. The van der Waals surface area contributed by atoms with Crippen molar-refractivity contribution in [1.82, 2.24) is 23.9 Å². The lowest BCUT2D eigenvalue weighted by Gasteiger charge is -2.43. The van der Waals surface area contributed by atoms with Gasteiger partial charge in [0.15, 0.2) is 0 Å². The highest BCUT2D eigenvalue weighted by Gasteiger charge is 2.52. The van der Waals surface area contributed by atoms with Gasteiger partial charge in [-0.15, -0.1) is 0 Å². The van der Waals surface area contributed by atoms with Crippen molar-refractivity contribution in [1.29, 1.82) is 0 Å². The van der Waals surface area contributed by atoms with E-state index in [2.05, 4.69) is 16.2 Å². The zero-order chi connectivity index (χ0) is 22.8. The number of fused-ring (bicyclic) bond motifs is 2. The molecule has 0 aliphatic carbocycles. The van der Waals surface area contributed by atoms with Gasteiger partial charge in [0.25, 0.3) is 0 Å². The van der Waals surface area contributed by atoms with Gasteiger partial charge in [0.2, 0.25) is 15.9 Å². The third-order valence-electron chi connectivity index (χ3n) is 7.01. The maximum absolute atomic E-state index is 12.4. The number of hydrogen-bond acceptors (Lipinski definition) is 6. The number of carbonyl (C=O) groups excluding carboxylic acids is 2. The fourth-order valence-corrected chi connectivity index (χ4v) is 5.98. The minimum atomic E-state index is -3.37. The summed E-state index contributed by atoms with van der Waals surface area (Å²) in [5.74, 6) is -0.304. The van der Waals surface area contributed by atoms with Crippen LogP contribution in [0.5, 0.6) is 0 Å². The van der Waals surface area contributed by atoms with E-state index in [4.69, 9.17) is 5.73 Å². The standard InChI is InChI=1S/C20H37N6O4S/c1-22(2)19(28)24-12-9-23(10-13-24)11-14-25(31(3,29)30)15-16-26-17-5-4-7-20(26,8-6-17)18(21)27/h4,17H,5-16H2,1-3H3,(H2,21,27)/t17-,20+/m0/s1. The highest BCUT2D eigenvalue weighted by molar-refractivity contribution is 7.88. The van der Waals surface area contributed by atoms with Gasteiger partial charge in [-0.25, -0.2) is 13.2 Å². The molecule has 2 N–H and O–H groups in total. The second-order valence-electron chi connectivity index (χ2n) is 9.18. The summed E-state index contributed by atoms with van der Waals surface area (Å²) in [4.78, 5) is 32.0. The van der Waals surface area contributed by atoms with E-state index < -0.39 is 15.6 Å². The molecule has 0 aromatic carbocycles. The molecule has 1 radical (unpaired) electrons. The highest BCUT2D eigenvalue weighted by atomic mass is 32.2. The third-order valence-corrected chi connectivity index (χ3v) is 8.31. The Bertz CT molecular complexity index is 764. The van der Waals surface area contributed by atoms with Crippen LogP contribution in [0.15, 0.2) is 0 Å². The molecular formula is C20H37N6O4S. The van der Waals surface area contributed by atoms with E-state index in [-0.39, 0.29) is 18.0 Å². The predicted octanol–water partition coefficient (Wildman–Crippen LogP) is -0.766. The highest BCUT2D eigenvalue weighted by Crippen LogP contribution is 2.43. The largest absolute Gasteiger partial charge is 0.368 e. The normalized spacial score (nSPS) is 27.6. The zero-order valence-corrected chi connectivity index (χ0v) is 19.8. The Morgan fingerprint density at radius 1 is 1.13 bits per heavy atom. The number of primary amides is 1. The summed E-state index contributed by atoms with van der Waals surface area (Å²) in [5, 5.41) is 0. The predicted molar refractivity (Wildman–Crippen MR) is 119 cm³/mol. The Morgan fingerprint density at radius 2 is 1.77 bits per heavy atom. The van der Waals surface area contributed by atoms with Crippen LogP contribution in [-0.4, -0.2) is 129 Å². The van der Waals surface area contributed by atoms with E-state index in [1.807, 2.05) is 4.90 Å². The molecule has 3 aliphatic rings.